The zero-order valence-corrected chi connectivity index (χ0v) is 28.9. The Bertz CT molecular complexity index is 2180. The van der Waals surface area contributed by atoms with Crippen molar-refractivity contribution in [1.29, 1.82) is 0 Å². The Balaban J connectivity index is 1.38. The maximum absolute atomic E-state index is 14.0. The average molecular weight is 709 g/mol. The van der Waals surface area contributed by atoms with Gasteiger partial charge in [0.25, 0.3) is 11.5 Å². The van der Waals surface area contributed by atoms with Crippen molar-refractivity contribution in [2.45, 2.75) is 45.4 Å². The molecule has 14 heteroatoms. The van der Waals surface area contributed by atoms with Crippen LogP contribution in [0, 0.1) is 13.8 Å². The molecule has 1 amide bonds. The lowest BCUT2D eigenvalue weighted by Crippen LogP contribution is -2.32. The van der Waals surface area contributed by atoms with Gasteiger partial charge in [0.05, 0.1) is 29.2 Å². The van der Waals surface area contributed by atoms with Crippen LogP contribution in [0.1, 0.15) is 65.2 Å². The van der Waals surface area contributed by atoms with E-state index >= 15 is 0 Å². The fraction of sp³-hybridized carbons (Fsp3) is 0.263. The number of aryl methyl sites for hydroxylation is 2. The average Bonchev–Trinajstić information content (AvgIpc) is 3.73. The first-order chi connectivity index (χ1) is 25.1. The number of methoxy groups -OCH3 is 2. The highest BCUT2D eigenvalue weighted by Gasteiger charge is 2.41. The van der Waals surface area contributed by atoms with Crippen molar-refractivity contribution in [3.05, 3.63) is 129 Å². The van der Waals surface area contributed by atoms with Crippen LogP contribution in [-0.4, -0.2) is 71.0 Å². The van der Waals surface area contributed by atoms with Crippen molar-refractivity contribution in [3.63, 3.8) is 0 Å². The highest BCUT2D eigenvalue weighted by Crippen LogP contribution is 2.35. The van der Waals surface area contributed by atoms with E-state index in [0.717, 1.165) is 15.7 Å². The molecule has 0 radical (unpaired) electrons. The monoisotopic (exact) mass is 708 g/mol. The minimum atomic E-state index is -0.984. The summed E-state index contributed by atoms with van der Waals surface area (Å²) in [6.45, 7) is 3.20. The van der Waals surface area contributed by atoms with Gasteiger partial charge < -0.3 is 28.3 Å². The summed E-state index contributed by atoms with van der Waals surface area (Å²) < 4.78 is 30.7. The topological polar surface area (TPSA) is 166 Å². The fourth-order valence-electron chi connectivity index (χ4n) is 5.79. The van der Waals surface area contributed by atoms with E-state index in [4.69, 9.17) is 23.7 Å². The molecular weight excluding hydrogens is 672 g/mol. The first kappa shape index (κ1) is 35.7. The van der Waals surface area contributed by atoms with Crippen molar-refractivity contribution < 1.29 is 42.9 Å². The zero-order chi connectivity index (χ0) is 36.9. The van der Waals surface area contributed by atoms with E-state index in [1.807, 2.05) is 13.8 Å². The lowest BCUT2D eigenvalue weighted by atomic mass is 10.1. The summed E-state index contributed by atoms with van der Waals surface area (Å²) in [5, 5.41) is 2.55. The summed E-state index contributed by atoms with van der Waals surface area (Å²) >= 11 is 0. The molecule has 1 saturated heterocycles. The van der Waals surface area contributed by atoms with Gasteiger partial charge in [0, 0.05) is 25.3 Å². The van der Waals surface area contributed by atoms with Crippen LogP contribution in [-0.2, 0) is 30.4 Å². The van der Waals surface area contributed by atoms with Gasteiger partial charge in [-0.05, 0) is 50.2 Å². The number of benzene rings is 3. The molecule has 14 nitrogen and oxygen atoms in total. The first-order valence-corrected chi connectivity index (χ1v) is 16.3. The van der Waals surface area contributed by atoms with E-state index < -0.39 is 47.8 Å². The standard InChI is InChI=1S/C38H36N4O10/c1-22-10-14-25(15-11-22)35(45)50-20-29-28(52-36(46)26-16-12-23(2)13-17-26)18-30(51-29)41-19-27(37(47)49-4)31-32(41)39-38(42(21-48-3)34(31)44)40-33(43)24-8-6-5-7-9-24/h5-17,19,28-30H,18,20-21H2,1-4H3,(H,39,40,43)/t28-,29+,30+/m0/s1. The van der Waals surface area contributed by atoms with Gasteiger partial charge in [-0.1, -0.05) is 53.6 Å². The van der Waals surface area contributed by atoms with Crippen LogP contribution in [0.5, 0.6) is 0 Å². The molecule has 1 N–H and O–H groups in total. The maximum Gasteiger partial charge on any atom is 0.340 e. The first-order valence-electron chi connectivity index (χ1n) is 16.3. The maximum atomic E-state index is 14.0. The number of anilines is 1. The zero-order valence-electron chi connectivity index (χ0n) is 28.9. The molecule has 0 unspecified atom stereocenters. The number of aromatic nitrogens is 3. The molecule has 0 aliphatic carbocycles. The molecule has 0 spiro atoms. The van der Waals surface area contributed by atoms with Gasteiger partial charge in [-0.2, -0.15) is 4.98 Å². The minimum Gasteiger partial charge on any atom is -0.465 e. The van der Waals surface area contributed by atoms with Crippen LogP contribution in [0.25, 0.3) is 11.0 Å². The van der Waals surface area contributed by atoms with E-state index in [1.54, 1.807) is 78.9 Å². The van der Waals surface area contributed by atoms with E-state index in [1.165, 1.54) is 25.0 Å². The summed E-state index contributed by atoms with van der Waals surface area (Å²) in [6.07, 6.45) is -1.51. The lowest BCUT2D eigenvalue weighted by molar-refractivity contribution is -0.0562. The molecule has 2 aromatic heterocycles. The lowest BCUT2D eigenvalue weighted by Gasteiger charge is -2.19. The molecule has 5 aromatic rings. The molecule has 3 atom stereocenters. The van der Waals surface area contributed by atoms with E-state index in [-0.39, 0.29) is 42.3 Å². The molecule has 6 rings (SSSR count). The Morgan fingerprint density at radius 3 is 2.10 bits per heavy atom. The van der Waals surface area contributed by atoms with Crippen LogP contribution < -0.4 is 10.9 Å². The van der Waals surface area contributed by atoms with Crippen LogP contribution >= 0.6 is 0 Å². The van der Waals surface area contributed by atoms with Crippen molar-refractivity contribution in [2.75, 3.05) is 26.1 Å². The second-order valence-electron chi connectivity index (χ2n) is 12.2. The highest BCUT2D eigenvalue weighted by molar-refractivity contribution is 6.05. The number of fused-ring (bicyclic) bond motifs is 1. The molecule has 1 aliphatic rings. The third kappa shape index (κ3) is 7.48. The van der Waals surface area contributed by atoms with Gasteiger partial charge in [0.2, 0.25) is 5.95 Å². The quantitative estimate of drug-likeness (QED) is 0.148. The largest absolute Gasteiger partial charge is 0.465 e. The van der Waals surface area contributed by atoms with Gasteiger partial charge >= 0.3 is 17.9 Å². The molecule has 0 bridgehead atoms. The number of carbonyl (C=O) groups excluding carboxylic acids is 4. The summed E-state index contributed by atoms with van der Waals surface area (Å²) in [5.41, 5.74) is 2.04. The third-order valence-corrected chi connectivity index (χ3v) is 8.56. The number of esters is 3. The Morgan fingerprint density at radius 2 is 1.48 bits per heavy atom. The number of carbonyl (C=O) groups is 4. The number of ether oxygens (including phenoxy) is 5. The summed E-state index contributed by atoms with van der Waals surface area (Å²) in [7, 11) is 2.54. The molecule has 268 valence electrons. The van der Waals surface area contributed by atoms with E-state index in [2.05, 4.69) is 10.3 Å². The van der Waals surface area contributed by atoms with Crippen LogP contribution in [0.3, 0.4) is 0 Å². The van der Waals surface area contributed by atoms with Gasteiger partial charge in [0.1, 0.15) is 31.8 Å². The molecule has 0 saturated carbocycles. The minimum absolute atomic E-state index is 0.0171. The van der Waals surface area contributed by atoms with Gasteiger partial charge in [0.15, 0.2) is 5.65 Å². The molecule has 1 aliphatic heterocycles. The van der Waals surface area contributed by atoms with Crippen LogP contribution in [0.15, 0.2) is 89.9 Å². The van der Waals surface area contributed by atoms with E-state index in [0.29, 0.717) is 16.7 Å². The van der Waals surface area contributed by atoms with Crippen molar-refractivity contribution in [2.24, 2.45) is 0 Å². The summed E-state index contributed by atoms with van der Waals surface area (Å²) in [4.78, 5) is 71.1. The third-order valence-electron chi connectivity index (χ3n) is 8.56. The smallest absolute Gasteiger partial charge is 0.340 e. The SMILES string of the molecule is COCn1c(NC(=O)c2ccccc2)nc2c(c(C(=O)OC)cn2[C@H]2C[C@H](OC(=O)c3ccc(C)cc3)[C@@H](COC(=O)c3ccc(C)cc3)O2)c1=O. The van der Waals surface area contributed by atoms with E-state index in [9.17, 15) is 24.0 Å². The normalized spacial score (nSPS) is 16.7. The summed E-state index contributed by atoms with van der Waals surface area (Å²) in [6, 6.07) is 22.0. The number of nitrogens with zero attached hydrogens (tertiary/aromatic N) is 3. The molecule has 52 heavy (non-hydrogen) atoms. The van der Waals surface area contributed by atoms with Gasteiger partial charge in [-0.25, -0.2) is 14.4 Å². The molecule has 3 heterocycles. The Labute approximate surface area is 297 Å². The Hall–Kier alpha value is -6.12. The molecule has 3 aromatic carbocycles. The van der Waals surface area contributed by atoms with Gasteiger partial charge in [-0.3, -0.25) is 19.5 Å². The number of nitrogens with one attached hydrogen (secondary N) is 1. The second-order valence-corrected chi connectivity index (χ2v) is 12.2. The molecule has 1 fully saturated rings. The fourth-order valence-corrected chi connectivity index (χ4v) is 5.79. The number of hydrogen-bond donors (Lipinski definition) is 1. The second kappa shape index (κ2) is 15.4. The van der Waals surface area contributed by atoms with Crippen LogP contribution in [0.2, 0.25) is 0 Å². The summed E-state index contributed by atoms with van der Waals surface area (Å²) in [5.74, 6) is -2.75. The number of rotatable bonds is 11. The molecular formula is C38H36N4O10. The highest BCUT2D eigenvalue weighted by atomic mass is 16.6. The number of amides is 1. The van der Waals surface area contributed by atoms with Crippen molar-refractivity contribution >= 4 is 40.8 Å². The van der Waals surface area contributed by atoms with Crippen molar-refractivity contribution in [3.8, 4) is 0 Å². The predicted molar refractivity (Wildman–Crippen MR) is 187 cm³/mol. The Morgan fingerprint density at radius 1 is 0.846 bits per heavy atom. The number of hydrogen-bond acceptors (Lipinski definition) is 11. The predicted octanol–water partition coefficient (Wildman–Crippen LogP) is 4.83. The Kier molecular flexibility index (Phi) is 10.6. The van der Waals surface area contributed by atoms with Crippen LogP contribution in [0.4, 0.5) is 5.95 Å². The van der Waals surface area contributed by atoms with Gasteiger partial charge in [-0.15, -0.1) is 0 Å². The van der Waals surface area contributed by atoms with Crippen molar-refractivity contribution in [1.82, 2.24) is 14.1 Å².